The molecule has 1 saturated carbocycles. The molecule has 0 N–H and O–H groups in total. The highest BCUT2D eigenvalue weighted by atomic mass is 16.5. The fourth-order valence-corrected chi connectivity index (χ4v) is 1.61. The maximum atomic E-state index is 11.2. The molecule has 68 valence electrons. The summed E-state index contributed by atoms with van der Waals surface area (Å²) in [5, 5.41) is 0. The second-order valence-electron chi connectivity index (χ2n) is 3.16. The highest BCUT2D eigenvalue weighted by Crippen LogP contribution is 2.30. The van der Waals surface area contributed by atoms with Crippen molar-refractivity contribution in [2.75, 3.05) is 6.61 Å². The number of hydrogen-bond donors (Lipinski definition) is 0. The van der Waals surface area contributed by atoms with Gasteiger partial charge in [0.25, 0.3) is 0 Å². The van der Waals surface area contributed by atoms with Crippen molar-refractivity contribution in [3.05, 3.63) is 0 Å². The van der Waals surface area contributed by atoms with Gasteiger partial charge in [-0.25, -0.2) is 0 Å². The predicted octanol–water partition coefficient (Wildman–Crippen LogP) is 1.16. The van der Waals surface area contributed by atoms with E-state index >= 15 is 0 Å². The lowest BCUT2D eigenvalue weighted by atomic mass is 10.1. The Morgan fingerprint density at radius 1 is 1.58 bits per heavy atom. The van der Waals surface area contributed by atoms with Crippen LogP contribution in [0.5, 0.6) is 0 Å². The first-order valence-electron chi connectivity index (χ1n) is 4.39. The molecule has 0 aliphatic heterocycles. The summed E-state index contributed by atoms with van der Waals surface area (Å²) in [7, 11) is 0. The average molecular weight is 170 g/mol. The second-order valence-corrected chi connectivity index (χ2v) is 3.16. The molecule has 0 spiro atoms. The van der Waals surface area contributed by atoms with Crippen LogP contribution in [0.1, 0.15) is 26.2 Å². The number of esters is 1. The molecule has 1 aliphatic rings. The van der Waals surface area contributed by atoms with Crippen LogP contribution in [0.15, 0.2) is 0 Å². The van der Waals surface area contributed by atoms with Crippen molar-refractivity contribution in [1.29, 1.82) is 0 Å². The minimum atomic E-state index is -0.137. The fourth-order valence-electron chi connectivity index (χ4n) is 1.61. The van der Waals surface area contributed by atoms with Crippen LogP contribution in [0.2, 0.25) is 0 Å². The van der Waals surface area contributed by atoms with E-state index in [0.717, 1.165) is 19.1 Å². The van der Waals surface area contributed by atoms with Crippen molar-refractivity contribution in [2.45, 2.75) is 26.2 Å². The van der Waals surface area contributed by atoms with Crippen LogP contribution in [0.3, 0.4) is 0 Å². The topological polar surface area (TPSA) is 43.4 Å². The van der Waals surface area contributed by atoms with Crippen LogP contribution in [0, 0.1) is 11.8 Å². The third-order valence-electron chi connectivity index (χ3n) is 2.29. The molecule has 0 amide bonds. The van der Waals surface area contributed by atoms with Gasteiger partial charge in [-0.05, 0) is 26.2 Å². The van der Waals surface area contributed by atoms with Crippen LogP contribution in [0.25, 0.3) is 0 Å². The summed E-state index contributed by atoms with van der Waals surface area (Å²) in [6.45, 7) is 2.23. The number of carbonyl (C=O) groups is 2. The van der Waals surface area contributed by atoms with E-state index < -0.39 is 0 Å². The number of aldehydes is 1. The first-order valence-corrected chi connectivity index (χ1v) is 4.39. The normalized spacial score (nSPS) is 28.4. The molecule has 1 aliphatic carbocycles. The van der Waals surface area contributed by atoms with Crippen molar-refractivity contribution in [1.82, 2.24) is 0 Å². The molecule has 2 atom stereocenters. The molecule has 1 rings (SSSR count). The SMILES string of the molecule is CCOC(=O)[C@@H]1CC[C@@H](C=O)C1. The number of carbonyl (C=O) groups excluding carboxylic acids is 2. The molecule has 0 aromatic rings. The summed E-state index contributed by atoms with van der Waals surface area (Å²) >= 11 is 0. The summed E-state index contributed by atoms with van der Waals surface area (Å²) in [4.78, 5) is 21.5. The molecular formula is C9H14O3. The summed E-state index contributed by atoms with van der Waals surface area (Å²) in [5.41, 5.74) is 0. The van der Waals surface area contributed by atoms with Crippen molar-refractivity contribution in [2.24, 2.45) is 11.8 Å². The molecule has 0 unspecified atom stereocenters. The maximum absolute atomic E-state index is 11.2. The van der Waals surface area contributed by atoms with E-state index in [0.29, 0.717) is 13.0 Å². The Kier molecular flexibility index (Phi) is 3.26. The van der Waals surface area contributed by atoms with Crippen molar-refractivity contribution < 1.29 is 14.3 Å². The van der Waals surface area contributed by atoms with E-state index in [-0.39, 0.29) is 17.8 Å². The smallest absolute Gasteiger partial charge is 0.308 e. The van der Waals surface area contributed by atoms with Gasteiger partial charge in [0.05, 0.1) is 12.5 Å². The van der Waals surface area contributed by atoms with Gasteiger partial charge in [-0.2, -0.15) is 0 Å². The van der Waals surface area contributed by atoms with Gasteiger partial charge in [0.2, 0.25) is 0 Å². The lowest BCUT2D eigenvalue weighted by Gasteiger charge is -2.06. The van der Waals surface area contributed by atoms with Gasteiger partial charge in [-0.1, -0.05) is 0 Å². The summed E-state index contributed by atoms with van der Waals surface area (Å²) in [6, 6.07) is 0. The fraction of sp³-hybridized carbons (Fsp3) is 0.778. The van der Waals surface area contributed by atoms with Crippen LogP contribution in [0.4, 0.5) is 0 Å². The van der Waals surface area contributed by atoms with E-state index in [1.807, 2.05) is 0 Å². The van der Waals surface area contributed by atoms with E-state index in [1.54, 1.807) is 6.92 Å². The first-order chi connectivity index (χ1) is 5.77. The Morgan fingerprint density at radius 2 is 2.33 bits per heavy atom. The van der Waals surface area contributed by atoms with E-state index in [9.17, 15) is 9.59 Å². The summed E-state index contributed by atoms with van der Waals surface area (Å²) < 4.78 is 4.86. The predicted molar refractivity (Wildman–Crippen MR) is 43.5 cm³/mol. The minimum absolute atomic E-state index is 0.0276. The Bertz CT molecular complexity index is 177. The maximum Gasteiger partial charge on any atom is 0.308 e. The van der Waals surface area contributed by atoms with E-state index in [2.05, 4.69) is 0 Å². The summed E-state index contributed by atoms with van der Waals surface area (Å²) in [6.07, 6.45) is 3.27. The number of hydrogen-bond acceptors (Lipinski definition) is 3. The van der Waals surface area contributed by atoms with Gasteiger partial charge in [0.15, 0.2) is 0 Å². The highest BCUT2D eigenvalue weighted by Gasteiger charge is 2.30. The monoisotopic (exact) mass is 170 g/mol. The largest absolute Gasteiger partial charge is 0.466 e. The zero-order chi connectivity index (χ0) is 8.97. The van der Waals surface area contributed by atoms with E-state index in [1.165, 1.54) is 0 Å². The molecule has 0 radical (unpaired) electrons. The molecule has 3 heteroatoms. The van der Waals surface area contributed by atoms with Gasteiger partial charge in [0, 0.05) is 5.92 Å². The first kappa shape index (κ1) is 9.23. The zero-order valence-electron chi connectivity index (χ0n) is 7.29. The molecule has 0 saturated heterocycles. The zero-order valence-corrected chi connectivity index (χ0v) is 7.29. The molecule has 1 fully saturated rings. The molecular weight excluding hydrogens is 156 g/mol. The molecule has 0 aromatic carbocycles. The second kappa shape index (κ2) is 4.24. The van der Waals surface area contributed by atoms with Gasteiger partial charge in [0.1, 0.15) is 6.29 Å². The van der Waals surface area contributed by atoms with Gasteiger partial charge < -0.3 is 9.53 Å². The van der Waals surface area contributed by atoms with Gasteiger partial charge in [-0.15, -0.1) is 0 Å². The lowest BCUT2D eigenvalue weighted by molar-refractivity contribution is -0.147. The van der Waals surface area contributed by atoms with Crippen LogP contribution in [-0.4, -0.2) is 18.9 Å². The number of rotatable bonds is 3. The molecule has 3 nitrogen and oxygen atoms in total. The summed E-state index contributed by atoms with van der Waals surface area (Å²) in [5.74, 6) is -0.0820. The molecule has 0 aromatic heterocycles. The molecule has 0 bridgehead atoms. The Balaban J connectivity index is 2.35. The van der Waals surface area contributed by atoms with Crippen LogP contribution < -0.4 is 0 Å². The Morgan fingerprint density at radius 3 is 2.83 bits per heavy atom. The quantitative estimate of drug-likeness (QED) is 0.471. The average Bonchev–Trinajstić information content (AvgIpc) is 2.52. The van der Waals surface area contributed by atoms with Crippen molar-refractivity contribution in [3.63, 3.8) is 0 Å². The minimum Gasteiger partial charge on any atom is -0.466 e. The third kappa shape index (κ3) is 2.06. The van der Waals surface area contributed by atoms with E-state index in [4.69, 9.17) is 4.74 Å². The Labute approximate surface area is 72.1 Å². The lowest BCUT2D eigenvalue weighted by Crippen LogP contribution is -2.15. The van der Waals surface area contributed by atoms with Crippen molar-refractivity contribution in [3.8, 4) is 0 Å². The number of ether oxygens (including phenoxy) is 1. The highest BCUT2D eigenvalue weighted by molar-refractivity contribution is 5.73. The molecule has 12 heavy (non-hydrogen) atoms. The standard InChI is InChI=1S/C9H14O3/c1-2-12-9(11)8-4-3-7(5-8)6-10/h6-8H,2-5H2,1H3/t7-,8-/m1/s1. The van der Waals surface area contributed by atoms with Crippen molar-refractivity contribution >= 4 is 12.3 Å². The van der Waals surface area contributed by atoms with Gasteiger partial charge in [-0.3, -0.25) is 4.79 Å². The molecule has 0 heterocycles. The third-order valence-corrected chi connectivity index (χ3v) is 2.29. The van der Waals surface area contributed by atoms with Crippen LogP contribution in [-0.2, 0) is 14.3 Å². The van der Waals surface area contributed by atoms with Crippen LogP contribution >= 0.6 is 0 Å². The Hall–Kier alpha value is -0.860. The van der Waals surface area contributed by atoms with Gasteiger partial charge >= 0.3 is 5.97 Å².